The van der Waals surface area contributed by atoms with Crippen molar-refractivity contribution in [2.75, 3.05) is 19.7 Å². The third-order valence-electron chi connectivity index (χ3n) is 3.79. The Balaban J connectivity index is 0.00000144. The van der Waals surface area contributed by atoms with Crippen LogP contribution in [0.2, 0.25) is 0 Å². The molecule has 0 aromatic carbocycles. The van der Waals surface area contributed by atoms with Crippen molar-refractivity contribution in [2.24, 2.45) is 11.7 Å². The third kappa shape index (κ3) is 3.12. The van der Waals surface area contributed by atoms with Crippen molar-refractivity contribution in [1.82, 2.24) is 4.90 Å². The van der Waals surface area contributed by atoms with Crippen LogP contribution in [0.15, 0.2) is 0 Å². The lowest BCUT2D eigenvalue weighted by Crippen LogP contribution is -2.56. The minimum atomic E-state index is -0.0549. The molecule has 3 atom stereocenters. The summed E-state index contributed by atoms with van der Waals surface area (Å²) in [5.74, 6) is 0.156. The van der Waals surface area contributed by atoms with E-state index >= 15 is 0 Å². The van der Waals surface area contributed by atoms with Crippen LogP contribution < -0.4 is 5.73 Å². The standard InChI is InChI=1S/C12H22N2O2.ClH/c1-9(8-13)12(15)14-6-7-16-11-5-3-2-4-10(11)14;/h9-11H,2-8,13H2,1H3;1H. The van der Waals surface area contributed by atoms with Gasteiger partial charge in [0, 0.05) is 19.0 Å². The highest BCUT2D eigenvalue weighted by atomic mass is 35.5. The molecule has 2 fully saturated rings. The minimum Gasteiger partial charge on any atom is -0.374 e. The first-order valence-corrected chi connectivity index (χ1v) is 6.36. The summed E-state index contributed by atoms with van der Waals surface area (Å²) in [6.07, 6.45) is 4.91. The van der Waals surface area contributed by atoms with Crippen molar-refractivity contribution in [1.29, 1.82) is 0 Å². The fraction of sp³-hybridized carbons (Fsp3) is 0.917. The second kappa shape index (κ2) is 6.57. The molecule has 2 N–H and O–H groups in total. The van der Waals surface area contributed by atoms with Crippen molar-refractivity contribution in [2.45, 2.75) is 44.8 Å². The molecule has 2 rings (SSSR count). The highest BCUT2D eigenvalue weighted by Gasteiger charge is 2.37. The predicted octanol–water partition coefficient (Wildman–Crippen LogP) is 1.17. The maximum atomic E-state index is 12.2. The van der Waals surface area contributed by atoms with Gasteiger partial charge in [-0.1, -0.05) is 19.8 Å². The van der Waals surface area contributed by atoms with Gasteiger partial charge < -0.3 is 15.4 Å². The molecule has 1 aliphatic carbocycles. The molecule has 2 aliphatic rings. The third-order valence-corrected chi connectivity index (χ3v) is 3.79. The number of rotatable bonds is 2. The normalized spacial score (nSPS) is 30.1. The van der Waals surface area contributed by atoms with Gasteiger partial charge in [-0.05, 0) is 12.8 Å². The average Bonchev–Trinajstić information content (AvgIpc) is 2.36. The SMILES string of the molecule is CC(CN)C(=O)N1CCOC2CCCCC21.Cl. The first kappa shape index (κ1) is 14.7. The van der Waals surface area contributed by atoms with Crippen LogP contribution >= 0.6 is 12.4 Å². The van der Waals surface area contributed by atoms with Gasteiger partial charge in [0.2, 0.25) is 5.91 Å². The van der Waals surface area contributed by atoms with Crippen LogP contribution in [-0.4, -0.2) is 42.6 Å². The smallest absolute Gasteiger partial charge is 0.227 e. The summed E-state index contributed by atoms with van der Waals surface area (Å²) < 4.78 is 5.75. The molecule has 4 nitrogen and oxygen atoms in total. The molecule has 1 saturated heterocycles. The van der Waals surface area contributed by atoms with E-state index in [2.05, 4.69) is 0 Å². The van der Waals surface area contributed by atoms with Gasteiger partial charge >= 0.3 is 0 Å². The fourth-order valence-electron chi connectivity index (χ4n) is 2.75. The molecule has 0 aromatic rings. The molecule has 100 valence electrons. The minimum absolute atomic E-state index is 0. The Morgan fingerprint density at radius 2 is 2.18 bits per heavy atom. The van der Waals surface area contributed by atoms with Crippen LogP contribution in [0.5, 0.6) is 0 Å². The van der Waals surface area contributed by atoms with E-state index in [1.165, 1.54) is 12.8 Å². The Hall–Kier alpha value is -0.320. The van der Waals surface area contributed by atoms with Gasteiger partial charge in [0.05, 0.1) is 18.8 Å². The van der Waals surface area contributed by atoms with Gasteiger partial charge in [-0.3, -0.25) is 4.79 Å². The quantitative estimate of drug-likeness (QED) is 0.813. The van der Waals surface area contributed by atoms with Crippen molar-refractivity contribution in [3.63, 3.8) is 0 Å². The van der Waals surface area contributed by atoms with E-state index < -0.39 is 0 Å². The lowest BCUT2D eigenvalue weighted by atomic mass is 9.89. The van der Waals surface area contributed by atoms with E-state index in [0.717, 1.165) is 19.4 Å². The number of nitrogens with zero attached hydrogens (tertiary/aromatic N) is 1. The van der Waals surface area contributed by atoms with Crippen LogP contribution in [0.1, 0.15) is 32.6 Å². The van der Waals surface area contributed by atoms with Gasteiger partial charge in [-0.2, -0.15) is 0 Å². The molecular formula is C12H23ClN2O2. The number of hydrogen-bond acceptors (Lipinski definition) is 3. The zero-order valence-corrected chi connectivity index (χ0v) is 11.2. The van der Waals surface area contributed by atoms with E-state index in [1.54, 1.807) is 0 Å². The summed E-state index contributed by atoms with van der Waals surface area (Å²) >= 11 is 0. The van der Waals surface area contributed by atoms with E-state index in [4.69, 9.17) is 10.5 Å². The first-order valence-electron chi connectivity index (χ1n) is 6.36. The maximum Gasteiger partial charge on any atom is 0.227 e. The molecule has 0 aromatic heterocycles. The zero-order valence-electron chi connectivity index (χ0n) is 10.4. The van der Waals surface area contributed by atoms with Crippen molar-refractivity contribution in [3.05, 3.63) is 0 Å². The summed E-state index contributed by atoms with van der Waals surface area (Å²) in [4.78, 5) is 14.2. The monoisotopic (exact) mass is 262 g/mol. The summed E-state index contributed by atoms with van der Waals surface area (Å²) in [5, 5.41) is 0. The van der Waals surface area contributed by atoms with Crippen LogP contribution in [0, 0.1) is 5.92 Å². The van der Waals surface area contributed by atoms with Crippen LogP contribution in [0.25, 0.3) is 0 Å². The van der Waals surface area contributed by atoms with E-state index in [-0.39, 0.29) is 30.3 Å². The zero-order chi connectivity index (χ0) is 11.5. The molecule has 3 unspecified atom stereocenters. The number of nitrogens with two attached hydrogens (primary N) is 1. The Morgan fingerprint density at radius 1 is 1.47 bits per heavy atom. The lowest BCUT2D eigenvalue weighted by Gasteiger charge is -2.44. The number of ether oxygens (including phenoxy) is 1. The average molecular weight is 263 g/mol. The maximum absolute atomic E-state index is 12.2. The van der Waals surface area contributed by atoms with Gasteiger partial charge in [-0.15, -0.1) is 12.4 Å². The molecule has 1 heterocycles. The van der Waals surface area contributed by atoms with Crippen LogP contribution in [0.3, 0.4) is 0 Å². The Kier molecular flexibility index (Phi) is 5.70. The fourth-order valence-corrected chi connectivity index (χ4v) is 2.75. The largest absolute Gasteiger partial charge is 0.374 e. The molecule has 0 radical (unpaired) electrons. The van der Waals surface area contributed by atoms with E-state index in [0.29, 0.717) is 19.2 Å². The molecular weight excluding hydrogens is 240 g/mol. The number of carbonyl (C=O) groups excluding carboxylic acids is 1. The van der Waals surface area contributed by atoms with Crippen molar-refractivity contribution >= 4 is 18.3 Å². The molecule has 0 bridgehead atoms. The van der Waals surface area contributed by atoms with Crippen molar-refractivity contribution in [3.8, 4) is 0 Å². The topological polar surface area (TPSA) is 55.6 Å². The van der Waals surface area contributed by atoms with Crippen LogP contribution in [0.4, 0.5) is 0 Å². The number of hydrogen-bond donors (Lipinski definition) is 1. The van der Waals surface area contributed by atoms with Gasteiger partial charge in [-0.25, -0.2) is 0 Å². The first-order chi connectivity index (χ1) is 7.74. The Bertz CT molecular complexity index is 261. The second-order valence-corrected chi connectivity index (χ2v) is 4.93. The number of amides is 1. The van der Waals surface area contributed by atoms with Crippen LogP contribution in [-0.2, 0) is 9.53 Å². The number of halogens is 1. The molecule has 5 heteroatoms. The molecule has 17 heavy (non-hydrogen) atoms. The molecule has 0 spiro atoms. The van der Waals surface area contributed by atoms with Gasteiger partial charge in [0.1, 0.15) is 0 Å². The number of carbonyl (C=O) groups is 1. The van der Waals surface area contributed by atoms with Crippen molar-refractivity contribution < 1.29 is 9.53 Å². The Labute approximate surface area is 109 Å². The van der Waals surface area contributed by atoms with Gasteiger partial charge in [0.25, 0.3) is 0 Å². The number of fused-ring (bicyclic) bond motifs is 1. The number of morpholine rings is 1. The molecule has 1 saturated carbocycles. The highest BCUT2D eigenvalue weighted by molar-refractivity contribution is 5.85. The second-order valence-electron chi connectivity index (χ2n) is 4.93. The lowest BCUT2D eigenvalue weighted by molar-refractivity contribution is -0.152. The predicted molar refractivity (Wildman–Crippen MR) is 69.2 cm³/mol. The van der Waals surface area contributed by atoms with Gasteiger partial charge in [0.15, 0.2) is 0 Å². The summed E-state index contributed by atoms with van der Waals surface area (Å²) in [6, 6.07) is 0.309. The summed E-state index contributed by atoms with van der Waals surface area (Å²) in [5.41, 5.74) is 5.57. The highest BCUT2D eigenvalue weighted by Crippen LogP contribution is 2.29. The van der Waals surface area contributed by atoms with E-state index in [1.807, 2.05) is 11.8 Å². The summed E-state index contributed by atoms with van der Waals surface area (Å²) in [6.45, 7) is 3.78. The Morgan fingerprint density at radius 3 is 2.88 bits per heavy atom. The molecule has 1 aliphatic heterocycles. The molecule has 1 amide bonds. The van der Waals surface area contributed by atoms with E-state index in [9.17, 15) is 4.79 Å². The summed E-state index contributed by atoms with van der Waals surface area (Å²) in [7, 11) is 0.